The number of benzene rings is 2. The van der Waals surface area contributed by atoms with E-state index in [9.17, 15) is 4.79 Å². The molecule has 1 aromatic heterocycles. The zero-order valence-corrected chi connectivity index (χ0v) is 16.0. The molecule has 0 aliphatic carbocycles. The van der Waals surface area contributed by atoms with E-state index in [1.54, 1.807) is 0 Å². The highest BCUT2D eigenvalue weighted by Gasteiger charge is 2.29. The van der Waals surface area contributed by atoms with Crippen molar-refractivity contribution in [1.82, 2.24) is 9.97 Å². The third kappa shape index (κ3) is 3.91. The number of nitrogens with one attached hydrogen (secondary N) is 1. The number of piperidine rings is 1. The maximum absolute atomic E-state index is 12.8. The number of anilines is 2. The molecule has 1 saturated heterocycles. The summed E-state index contributed by atoms with van der Waals surface area (Å²) in [6.07, 6.45) is 1.78. The Kier molecular flexibility index (Phi) is 5.37. The van der Waals surface area contributed by atoms with E-state index in [4.69, 9.17) is 9.72 Å². The third-order valence-corrected chi connectivity index (χ3v) is 4.94. The molecule has 1 N–H and O–H groups in total. The average Bonchev–Trinajstić information content (AvgIpc) is 2.74. The lowest BCUT2D eigenvalue weighted by Gasteiger charge is -2.33. The molecular weight excluding hydrogens is 352 g/mol. The average molecular weight is 376 g/mol. The quantitative estimate of drug-likeness (QED) is 0.732. The molecule has 0 spiro atoms. The standard InChI is InChI=1S/C22H24N4O2/c1-2-28-22-20(24-18-12-6-7-13-19(18)25-22)26-14-8-9-16(15-26)21(27)23-17-10-4-3-5-11-17/h3-7,10-13,16H,2,8-9,14-15H2,1H3,(H,23,27). The van der Waals surface area contributed by atoms with Gasteiger partial charge in [0.2, 0.25) is 5.91 Å². The highest BCUT2D eigenvalue weighted by molar-refractivity contribution is 5.93. The summed E-state index contributed by atoms with van der Waals surface area (Å²) in [7, 11) is 0. The van der Waals surface area contributed by atoms with Gasteiger partial charge in [-0.05, 0) is 44.0 Å². The van der Waals surface area contributed by atoms with E-state index in [-0.39, 0.29) is 11.8 Å². The molecule has 1 atom stereocenters. The molecule has 0 radical (unpaired) electrons. The smallest absolute Gasteiger partial charge is 0.258 e. The van der Waals surface area contributed by atoms with Gasteiger partial charge in [-0.3, -0.25) is 4.79 Å². The van der Waals surface area contributed by atoms with Crippen molar-refractivity contribution >= 4 is 28.4 Å². The Bertz CT molecular complexity index is 961. The first-order valence-electron chi connectivity index (χ1n) is 9.75. The third-order valence-electron chi connectivity index (χ3n) is 4.94. The molecule has 0 saturated carbocycles. The summed E-state index contributed by atoms with van der Waals surface area (Å²) >= 11 is 0. The highest BCUT2D eigenvalue weighted by Crippen LogP contribution is 2.31. The number of ether oxygens (including phenoxy) is 1. The van der Waals surface area contributed by atoms with Gasteiger partial charge in [0.05, 0.1) is 23.6 Å². The van der Waals surface area contributed by atoms with Gasteiger partial charge in [-0.25, -0.2) is 9.97 Å². The SMILES string of the molecule is CCOc1nc2ccccc2nc1N1CCCC(C(=O)Nc2ccccc2)C1. The van der Waals surface area contributed by atoms with Crippen LogP contribution in [0.25, 0.3) is 11.0 Å². The van der Waals surface area contributed by atoms with E-state index < -0.39 is 0 Å². The summed E-state index contributed by atoms with van der Waals surface area (Å²) in [5.74, 6) is 1.20. The summed E-state index contributed by atoms with van der Waals surface area (Å²) in [5.41, 5.74) is 2.46. The normalized spacial score (nSPS) is 16.8. The largest absolute Gasteiger partial charge is 0.475 e. The zero-order valence-electron chi connectivity index (χ0n) is 16.0. The van der Waals surface area contributed by atoms with Crippen molar-refractivity contribution in [3.63, 3.8) is 0 Å². The van der Waals surface area contributed by atoms with Crippen LogP contribution in [0.15, 0.2) is 54.6 Å². The number of rotatable bonds is 5. The van der Waals surface area contributed by atoms with Crippen LogP contribution < -0.4 is 15.0 Å². The second-order valence-corrected chi connectivity index (χ2v) is 6.91. The number of carbonyl (C=O) groups is 1. The van der Waals surface area contributed by atoms with Crippen LogP contribution in [0.2, 0.25) is 0 Å². The Morgan fingerprint density at radius 1 is 1.11 bits per heavy atom. The Balaban J connectivity index is 1.57. The van der Waals surface area contributed by atoms with Crippen LogP contribution in [0.4, 0.5) is 11.5 Å². The number of aromatic nitrogens is 2. The minimum atomic E-state index is -0.100. The molecular formula is C22H24N4O2. The molecule has 2 heterocycles. The molecule has 1 fully saturated rings. The van der Waals surface area contributed by atoms with E-state index >= 15 is 0 Å². The van der Waals surface area contributed by atoms with Gasteiger partial charge in [-0.2, -0.15) is 0 Å². The number of fused-ring (bicyclic) bond motifs is 1. The molecule has 1 aliphatic heterocycles. The van der Waals surface area contributed by atoms with E-state index in [0.717, 1.165) is 41.9 Å². The van der Waals surface area contributed by atoms with Crippen molar-refractivity contribution in [2.24, 2.45) is 5.92 Å². The van der Waals surface area contributed by atoms with Gasteiger partial charge in [-0.15, -0.1) is 0 Å². The van der Waals surface area contributed by atoms with Gasteiger partial charge in [0.1, 0.15) is 0 Å². The van der Waals surface area contributed by atoms with Crippen LogP contribution >= 0.6 is 0 Å². The van der Waals surface area contributed by atoms with Crippen LogP contribution in [-0.4, -0.2) is 35.6 Å². The molecule has 6 nitrogen and oxygen atoms in total. The van der Waals surface area contributed by atoms with Crippen molar-refractivity contribution in [3.05, 3.63) is 54.6 Å². The van der Waals surface area contributed by atoms with Crippen LogP contribution in [0, 0.1) is 5.92 Å². The van der Waals surface area contributed by atoms with Crippen LogP contribution in [0.5, 0.6) is 5.88 Å². The minimum absolute atomic E-state index is 0.0441. The van der Waals surface area contributed by atoms with Crippen LogP contribution in [-0.2, 0) is 4.79 Å². The van der Waals surface area contributed by atoms with Crippen molar-refractivity contribution < 1.29 is 9.53 Å². The summed E-state index contributed by atoms with van der Waals surface area (Å²) in [5, 5.41) is 3.02. The molecule has 6 heteroatoms. The van der Waals surface area contributed by atoms with Crippen molar-refractivity contribution in [1.29, 1.82) is 0 Å². The fraction of sp³-hybridized carbons (Fsp3) is 0.318. The molecule has 0 bridgehead atoms. The van der Waals surface area contributed by atoms with Crippen molar-refractivity contribution in [2.45, 2.75) is 19.8 Å². The maximum atomic E-state index is 12.8. The summed E-state index contributed by atoms with van der Waals surface area (Å²) < 4.78 is 5.77. The predicted molar refractivity (Wildman–Crippen MR) is 111 cm³/mol. The van der Waals surface area contributed by atoms with Gasteiger partial charge >= 0.3 is 0 Å². The Morgan fingerprint density at radius 3 is 2.57 bits per heavy atom. The summed E-state index contributed by atoms with van der Waals surface area (Å²) in [6.45, 7) is 3.90. The van der Waals surface area contributed by atoms with Gasteiger partial charge in [0, 0.05) is 18.8 Å². The van der Waals surface area contributed by atoms with E-state index in [2.05, 4.69) is 15.2 Å². The summed E-state index contributed by atoms with van der Waals surface area (Å²) in [4.78, 5) is 24.3. The van der Waals surface area contributed by atoms with Crippen molar-refractivity contribution in [3.8, 4) is 5.88 Å². The lowest BCUT2D eigenvalue weighted by molar-refractivity contribution is -0.120. The summed E-state index contributed by atoms with van der Waals surface area (Å²) in [6, 6.07) is 17.4. The molecule has 3 aromatic rings. The number of carbonyl (C=O) groups excluding carboxylic acids is 1. The molecule has 28 heavy (non-hydrogen) atoms. The topological polar surface area (TPSA) is 67.4 Å². The molecule has 144 valence electrons. The van der Waals surface area contributed by atoms with Crippen molar-refractivity contribution in [2.75, 3.05) is 29.9 Å². The lowest BCUT2D eigenvalue weighted by atomic mass is 9.97. The lowest BCUT2D eigenvalue weighted by Crippen LogP contribution is -2.41. The van der Waals surface area contributed by atoms with Gasteiger partial charge < -0.3 is 15.0 Å². The maximum Gasteiger partial charge on any atom is 0.258 e. The Hall–Kier alpha value is -3.15. The fourth-order valence-corrected chi connectivity index (χ4v) is 3.56. The Morgan fingerprint density at radius 2 is 1.82 bits per heavy atom. The van der Waals surface area contributed by atoms with E-state index in [1.165, 1.54) is 0 Å². The zero-order chi connectivity index (χ0) is 19.3. The number of nitrogens with zero attached hydrogens (tertiary/aromatic N) is 3. The first-order chi connectivity index (χ1) is 13.7. The number of hydrogen-bond acceptors (Lipinski definition) is 5. The van der Waals surface area contributed by atoms with Gasteiger partial charge in [-0.1, -0.05) is 30.3 Å². The monoisotopic (exact) mass is 376 g/mol. The molecule has 1 unspecified atom stereocenters. The second kappa shape index (κ2) is 8.25. The highest BCUT2D eigenvalue weighted by atomic mass is 16.5. The minimum Gasteiger partial charge on any atom is -0.475 e. The molecule has 2 aromatic carbocycles. The van der Waals surface area contributed by atoms with E-state index in [1.807, 2.05) is 61.5 Å². The molecule has 1 aliphatic rings. The van der Waals surface area contributed by atoms with Gasteiger partial charge in [0.15, 0.2) is 5.82 Å². The van der Waals surface area contributed by atoms with Gasteiger partial charge in [0.25, 0.3) is 5.88 Å². The predicted octanol–water partition coefficient (Wildman–Crippen LogP) is 3.88. The van der Waals surface area contributed by atoms with E-state index in [0.29, 0.717) is 19.0 Å². The number of hydrogen-bond donors (Lipinski definition) is 1. The number of para-hydroxylation sites is 3. The number of amides is 1. The van der Waals surface area contributed by atoms with Crippen LogP contribution in [0.3, 0.4) is 0 Å². The fourth-order valence-electron chi connectivity index (χ4n) is 3.56. The molecule has 4 rings (SSSR count). The second-order valence-electron chi connectivity index (χ2n) is 6.91. The Labute approximate surface area is 164 Å². The molecule has 1 amide bonds. The first-order valence-corrected chi connectivity index (χ1v) is 9.75. The first kappa shape index (κ1) is 18.2. The van der Waals surface area contributed by atoms with Crippen LogP contribution in [0.1, 0.15) is 19.8 Å².